The number of Topliss-reactive ketones (excluding diaryl/α,β-unsaturated/α-hetero) is 1. The van der Waals surface area contributed by atoms with Gasteiger partial charge in [-0.05, 0) is 38.0 Å². The maximum absolute atomic E-state index is 12.0. The fraction of sp³-hybridized carbons (Fsp3) is 0.400. The van der Waals surface area contributed by atoms with Crippen molar-refractivity contribution in [3.05, 3.63) is 42.0 Å². The molecule has 0 aliphatic carbocycles. The lowest BCUT2D eigenvalue weighted by Crippen LogP contribution is -2.13. The highest BCUT2D eigenvalue weighted by Crippen LogP contribution is 2.11. The van der Waals surface area contributed by atoms with Crippen LogP contribution < -0.4 is 5.73 Å². The predicted molar refractivity (Wildman–Crippen MR) is 78.3 cm³/mol. The van der Waals surface area contributed by atoms with Crippen molar-refractivity contribution < 1.29 is 4.79 Å². The number of nitrogens with zero attached hydrogens (tertiary/aromatic N) is 3. The Bertz CT molecular complexity index is 589. The Labute approximate surface area is 118 Å². The van der Waals surface area contributed by atoms with Gasteiger partial charge in [-0.25, -0.2) is 9.67 Å². The molecule has 5 heteroatoms. The van der Waals surface area contributed by atoms with Crippen LogP contribution >= 0.6 is 0 Å². The van der Waals surface area contributed by atoms with Gasteiger partial charge in [-0.3, -0.25) is 4.79 Å². The van der Waals surface area contributed by atoms with E-state index in [0.717, 1.165) is 17.1 Å². The van der Waals surface area contributed by atoms with Gasteiger partial charge >= 0.3 is 0 Å². The van der Waals surface area contributed by atoms with Gasteiger partial charge in [-0.15, -0.1) is 0 Å². The van der Waals surface area contributed by atoms with Crippen LogP contribution in [-0.4, -0.2) is 20.5 Å². The molecule has 0 saturated carbocycles. The van der Waals surface area contributed by atoms with E-state index in [4.69, 9.17) is 5.73 Å². The molecule has 0 fully saturated rings. The molecular weight excluding hydrogens is 252 g/mol. The van der Waals surface area contributed by atoms with Gasteiger partial charge in [0.05, 0.1) is 6.42 Å². The summed E-state index contributed by atoms with van der Waals surface area (Å²) >= 11 is 0. The Hall–Kier alpha value is -2.17. The highest BCUT2D eigenvalue weighted by Gasteiger charge is 2.12. The number of anilines is 1. The van der Waals surface area contributed by atoms with Crippen LogP contribution in [0.5, 0.6) is 0 Å². The fourth-order valence-electron chi connectivity index (χ4n) is 2.13. The Morgan fingerprint density at radius 1 is 1.40 bits per heavy atom. The zero-order valence-electron chi connectivity index (χ0n) is 11.9. The van der Waals surface area contributed by atoms with E-state index < -0.39 is 0 Å². The van der Waals surface area contributed by atoms with Gasteiger partial charge in [0.15, 0.2) is 0 Å². The van der Waals surface area contributed by atoms with Crippen molar-refractivity contribution in [3.8, 4) is 0 Å². The van der Waals surface area contributed by atoms with Gasteiger partial charge in [-0.1, -0.05) is 12.1 Å². The van der Waals surface area contributed by atoms with E-state index in [1.807, 2.05) is 38.1 Å². The average Bonchev–Trinajstić information content (AvgIpc) is 2.85. The Morgan fingerprint density at radius 3 is 2.90 bits per heavy atom. The minimum absolute atomic E-state index is 0.169. The lowest BCUT2D eigenvalue weighted by atomic mass is 10.1. The van der Waals surface area contributed by atoms with Gasteiger partial charge in [0.25, 0.3) is 0 Å². The van der Waals surface area contributed by atoms with Gasteiger partial charge in [0, 0.05) is 18.2 Å². The lowest BCUT2D eigenvalue weighted by Gasteiger charge is -2.08. The summed E-state index contributed by atoms with van der Waals surface area (Å²) in [5.74, 6) is 0.903. The molecule has 2 aromatic rings. The highest BCUT2D eigenvalue weighted by molar-refractivity contribution is 5.80. The van der Waals surface area contributed by atoms with E-state index in [1.165, 1.54) is 6.33 Å². The average molecular weight is 272 g/mol. The van der Waals surface area contributed by atoms with Crippen molar-refractivity contribution >= 4 is 11.5 Å². The van der Waals surface area contributed by atoms with Gasteiger partial charge in [0.2, 0.25) is 0 Å². The molecular formula is C15H20N4O. The van der Waals surface area contributed by atoms with Gasteiger partial charge in [-0.2, -0.15) is 5.10 Å². The number of carbonyl (C=O) groups excluding carboxylic acids is 1. The molecule has 0 aliphatic rings. The molecule has 1 aromatic carbocycles. The summed E-state index contributed by atoms with van der Waals surface area (Å²) in [5.41, 5.74) is 7.54. The fourth-order valence-corrected chi connectivity index (χ4v) is 2.13. The molecule has 106 valence electrons. The van der Waals surface area contributed by atoms with Crippen molar-refractivity contribution in [3.63, 3.8) is 0 Å². The van der Waals surface area contributed by atoms with Gasteiger partial charge in [0.1, 0.15) is 17.9 Å². The molecule has 1 heterocycles. The minimum Gasteiger partial charge on any atom is -0.399 e. The second-order valence-electron chi connectivity index (χ2n) is 5.18. The van der Waals surface area contributed by atoms with E-state index in [1.54, 1.807) is 4.68 Å². The van der Waals surface area contributed by atoms with Crippen molar-refractivity contribution in [2.75, 3.05) is 5.73 Å². The summed E-state index contributed by atoms with van der Waals surface area (Å²) in [6, 6.07) is 7.86. The Balaban J connectivity index is 1.91. The number of aromatic nitrogens is 3. The first kappa shape index (κ1) is 14.2. The van der Waals surface area contributed by atoms with Crippen LogP contribution in [0.2, 0.25) is 0 Å². The van der Waals surface area contributed by atoms with E-state index in [-0.39, 0.29) is 11.8 Å². The predicted octanol–water partition coefficient (Wildman–Crippen LogP) is 2.19. The molecule has 0 bridgehead atoms. The number of rotatable bonds is 6. The van der Waals surface area contributed by atoms with E-state index in [9.17, 15) is 4.79 Å². The molecule has 0 atom stereocenters. The van der Waals surface area contributed by atoms with Gasteiger partial charge < -0.3 is 5.73 Å². The van der Waals surface area contributed by atoms with E-state index in [0.29, 0.717) is 19.3 Å². The highest BCUT2D eigenvalue weighted by atomic mass is 16.1. The Morgan fingerprint density at radius 2 is 2.20 bits per heavy atom. The van der Waals surface area contributed by atoms with Crippen LogP contribution in [0.25, 0.3) is 0 Å². The first-order chi connectivity index (χ1) is 9.56. The number of nitrogen functional groups attached to an aromatic ring is 1. The number of nitrogens with two attached hydrogens (primary N) is 1. The monoisotopic (exact) mass is 272 g/mol. The summed E-state index contributed by atoms with van der Waals surface area (Å²) in [4.78, 5) is 16.2. The van der Waals surface area contributed by atoms with E-state index >= 15 is 0 Å². The molecule has 20 heavy (non-hydrogen) atoms. The van der Waals surface area contributed by atoms with Crippen LogP contribution in [0.15, 0.2) is 30.6 Å². The van der Waals surface area contributed by atoms with E-state index in [2.05, 4.69) is 10.1 Å². The normalized spacial score (nSPS) is 10.9. The first-order valence-corrected chi connectivity index (χ1v) is 6.80. The first-order valence-electron chi connectivity index (χ1n) is 6.80. The van der Waals surface area contributed by atoms with Crippen LogP contribution in [0, 0.1) is 0 Å². The zero-order chi connectivity index (χ0) is 14.5. The summed E-state index contributed by atoms with van der Waals surface area (Å²) in [7, 11) is 0. The van der Waals surface area contributed by atoms with Crippen molar-refractivity contribution in [1.82, 2.24) is 14.8 Å². The molecule has 0 radical (unpaired) electrons. The summed E-state index contributed by atoms with van der Waals surface area (Å²) < 4.78 is 1.79. The number of hydrogen-bond acceptors (Lipinski definition) is 4. The van der Waals surface area contributed by atoms with Crippen LogP contribution in [0.1, 0.15) is 37.7 Å². The maximum Gasteiger partial charge on any atom is 0.140 e. The summed E-state index contributed by atoms with van der Waals surface area (Å²) in [6.45, 7) is 4.05. The molecule has 0 spiro atoms. The van der Waals surface area contributed by atoms with Crippen LogP contribution in [-0.2, 0) is 17.6 Å². The zero-order valence-corrected chi connectivity index (χ0v) is 11.9. The molecule has 2 N–H and O–H groups in total. The number of ketones is 1. The molecule has 1 aromatic heterocycles. The second-order valence-corrected chi connectivity index (χ2v) is 5.18. The second kappa shape index (κ2) is 6.32. The third-order valence-electron chi connectivity index (χ3n) is 3.14. The lowest BCUT2D eigenvalue weighted by molar-refractivity contribution is -0.118. The molecule has 0 aliphatic heterocycles. The Kier molecular flexibility index (Phi) is 4.50. The summed E-state index contributed by atoms with van der Waals surface area (Å²) in [5, 5.41) is 4.14. The third-order valence-corrected chi connectivity index (χ3v) is 3.14. The van der Waals surface area contributed by atoms with Crippen molar-refractivity contribution in [2.45, 2.75) is 39.2 Å². The standard InChI is InChI=1S/C15H20N4O/c1-11(2)19-15(17-10-18-19)9-14(20)7-6-12-4-3-5-13(16)8-12/h3-5,8,10-11H,6-7,9,16H2,1-2H3. The smallest absolute Gasteiger partial charge is 0.140 e. The number of benzene rings is 1. The quantitative estimate of drug-likeness (QED) is 0.818. The number of carbonyl (C=O) groups is 1. The third kappa shape index (κ3) is 3.66. The SMILES string of the molecule is CC(C)n1ncnc1CC(=O)CCc1cccc(N)c1. The number of hydrogen-bond donors (Lipinski definition) is 1. The van der Waals surface area contributed by atoms with Crippen LogP contribution in [0.4, 0.5) is 5.69 Å². The molecule has 0 unspecified atom stereocenters. The van der Waals surface area contributed by atoms with Crippen molar-refractivity contribution in [2.24, 2.45) is 0 Å². The molecule has 0 amide bonds. The minimum atomic E-state index is 0.169. The molecule has 2 rings (SSSR count). The summed E-state index contributed by atoms with van der Waals surface area (Å²) in [6.07, 6.45) is 3.04. The molecule has 0 saturated heterocycles. The van der Waals surface area contributed by atoms with Crippen LogP contribution in [0.3, 0.4) is 0 Å². The molecule has 5 nitrogen and oxygen atoms in total. The topological polar surface area (TPSA) is 73.8 Å². The number of aryl methyl sites for hydroxylation is 1. The maximum atomic E-state index is 12.0. The largest absolute Gasteiger partial charge is 0.399 e. The van der Waals surface area contributed by atoms with Crippen molar-refractivity contribution in [1.29, 1.82) is 0 Å².